The van der Waals surface area contributed by atoms with E-state index in [4.69, 9.17) is 28.2 Å². The van der Waals surface area contributed by atoms with E-state index in [1.54, 1.807) is 33.7 Å². The number of likely N-dealkylation sites (N-methyl/N-ethyl adjacent to an activating group) is 1. The Hall–Kier alpha value is -3.46. The molecule has 0 bridgehead atoms. The molecule has 0 spiro atoms. The van der Waals surface area contributed by atoms with Gasteiger partial charge < -0.3 is 9.47 Å². The number of thiazole rings is 1. The van der Waals surface area contributed by atoms with Crippen LogP contribution in [-0.4, -0.2) is 33.0 Å². The molecule has 1 amide bonds. The highest BCUT2D eigenvalue weighted by molar-refractivity contribution is 7.07. The van der Waals surface area contributed by atoms with Crippen molar-refractivity contribution in [3.8, 4) is 5.69 Å². The second kappa shape index (κ2) is 11.4. The third kappa shape index (κ3) is 5.20. The van der Waals surface area contributed by atoms with E-state index in [1.165, 1.54) is 17.4 Å². The molecule has 0 saturated heterocycles. The van der Waals surface area contributed by atoms with E-state index in [0.29, 0.717) is 38.7 Å². The quantitative estimate of drug-likeness (QED) is 0.270. The SMILES string of the molecule is CCN(CC)C(=O)C1=C(C)N=c2s/c(=C/c3cc(C)n(-c4ccc(F)c(Cl)c4)c3C)c(=O)n2[C@@H]1c1ccc(Cl)cc1. The number of carbonyl (C=O) groups is 1. The number of amides is 1. The Morgan fingerprint density at radius 1 is 1.07 bits per heavy atom. The van der Waals surface area contributed by atoms with Gasteiger partial charge in [-0.3, -0.25) is 14.2 Å². The van der Waals surface area contributed by atoms with E-state index in [9.17, 15) is 14.0 Å². The zero-order valence-electron chi connectivity index (χ0n) is 23.3. The van der Waals surface area contributed by atoms with Crippen LogP contribution in [0, 0.1) is 19.7 Å². The first kappa shape index (κ1) is 29.0. The average molecular weight is 612 g/mol. The van der Waals surface area contributed by atoms with Crippen LogP contribution in [0.5, 0.6) is 0 Å². The van der Waals surface area contributed by atoms with Crippen LogP contribution in [-0.2, 0) is 4.79 Å². The lowest BCUT2D eigenvalue weighted by Crippen LogP contribution is -2.43. The van der Waals surface area contributed by atoms with Crippen LogP contribution in [0.15, 0.2) is 69.6 Å². The Labute approximate surface area is 251 Å². The minimum atomic E-state index is -0.646. The molecular formula is C31H29Cl2FN4O2S. The van der Waals surface area contributed by atoms with Gasteiger partial charge in [0.15, 0.2) is 4.80 Å². The number of rotatable bonds is 6. The molecule has 10 heteroatoms. The number of hydrogen-bond acceptors (Lipinski definition) is 4. The maximum atomic E-state index is 14.1. The van der Waals surface area contributed by atoms with E-state index in [0.717, 1.165) is 28.2 Å². The van der Waals surface area contributed by atoms with Crippen LogP contribution in [0.3, 0.4) is 0 Å². The molecule has 3 heterocycles. The first-order valence-corrected chi connectivity index (χ1v) is 14.8. The van der Waals surface area contributed by atoms with Crippen molar-refractivity contribution in [3.63, 3.8) is 0 Å². The smallest absolute Gasteiger partial charge is 0.271 e. The summed E-state index contributed by atoms with van der Waals surface area (Å²) < 4.78 is 17.9. The highest BCUT2D eigenvalue weighted by Gasteiger charge is 2.34. The number of allylic oxidation sites excluding steroid dienone is 1. The molecule has 5 rings (SSSR count). The van der Waals surface area contributed by atoms with Gasteiger partial charge in [-0.1, -0.05) is 46.7 Å². The van der Waals surface area contributed by atoms with Crippen LogP contribution in [0.2, 0.25) is 10.0 Å². The van der Waals surface area contributed by atoms with Crippen LogP contribution < -0.4 is 14.9 Å². The molecule has 2 aromatic heterocycles. The number of halogens is 3. The maximum Gasteiger partial charge on any atom is 0.271 e. The molecule has 4 aromatic rings. The summed E-state index contributed by atoms with van der Waals surface area (Å²) in [5, 5.41) is 0.605. The van der Waals surface area contributed by atoms with Crippen molar-refractivity contribution in [1.29, 1.82) is 0 Å². The Bertz CT molecular complexity index is 1880. The molecule has 2 aromatic carbocycles. The van der Waals surface area contributed by atoms with Crippen molar-refractivity contribution in [2.24, 2.45) is 4.99 Å². The van der Waals surface area contributed by atoms with Crippen molar-refractivity contribution < 1.29 is 9.18 Å². The third-order valence-electron chi connectivity index (χ3n) is 7.41. The molecule has 212 valence electrons. The number of aromatic nitrogens is 2. The van der Waals surface area contributed by atoms with Gasteiger partial charge >= 0.3 is 0 Å². The monoisotopic (exact) mass is 610 g/mol. The molecule has 1 aliphatic heterocycles. The van der Waals surface area contributed by atoms with Gasteiger partial charge in [-0.05, 0) is 88.2 Å². The fraction of sp³-hybridized carbons (Fsp3) is 0.258. The van der Waals surface area contributed by atoms with Gasteiger partial charge in [0.2, 0.25) is 0 Å². The molecule has 1 atom stereocenters. The second-order valence-electron chi connectivity index (χ2n) is 9.87. The summed E-state index contributed by atoms with van der Waals surface area (Å²) in [6.07, 6.45) is 1.85. The molecule has 0 saturated carbocycles. The molecular weight excluding hydrogens is 582 g/mol. The predicted octanol–water partition coefficient (Wildman–Crippen LogP) is 5.96. The minimum absolute atomic E-state index is 0.0393. The van der Waals surface area contributed by atoms with E-state index in [-0.39, 0.29) is 16.5 Å². The summed E-state index contributed by atoms with van der Waals surface area (Å²) in [7, 11) is 0. The van der Waals surface area contributed by atoms with Gasteiger partial charge in [0.05, 0.1) is 26.9 Å². The minimum Gasteiger partial charge on any atom is -0.339 e. The fourth-order valence-electron chi connectivity index (χ4n) is 5.33. The van der Waals surface area contributed by atoms with E-state index in [1.807, 2.05) is 63.5 Å². The molecule has 1 aliphatic rings. The number of aryl methyl sites for hydroxylation is 1. The normalized spacial score (nSPS) is 15.2. The predicted molar refractivity (Wildman–Crippen MR) is 163 cm³/mol. The molecule has 0 unspecified atom stereocenters. The van der Waals surface area contributed by atoms with E-state index < -0.39 is 11.9 Å². The number of nitrogens with zero attached hydrogens (tertiary/aromatic N) is 4. The van der Waals surface area contributed by atoms with Crippen LogP contribution in [0.4, 0.5) is 4.39 Å². The van der Waals surface area contributed by atoms with Gasteiger partial charge in [0, 0.05) is 35.2 Å². The van der Waals surface area contributed by atoms with Gasteiger partial charge in [0.1, 0.15) is 5.82 Å². The number of fused-ring (bicyclic) bond motifs is 1. The van der Waals surface area contributed by atoms with Crippen LogP contribution in [0.25, 0.3) is 11.8 Å². The van der Waals surface area contributed by atoms with E-state index in [2.05, 4.69) is 0 Å². The standard InChI is InChI=1S/C31H29Cl2FN4O2S/c1-6-36(7-2)30(40)27-18(4)35-31-38(28(27)20-8-10-22(32)11-9-20)29(39)26(41-31)15-21-14-17(3)37(19(21)5)23-12-13-25(34)24(33)16-23/h8-16,28H,6-7H2,1-5H3/b26-15+/t28-/m1/s1. The summed E-state index contributed by atoms with van der Waals surface area (Å²) in [4.78, 5) is 34.8. The van der Waals surface area contributed by atoms with Crippen molar-refractivity contribution in [3.05, 3.63) is 118 Å². The van der Waals surface area contributed by atoms with Crippen molar-refractivity contribution >= 4 is 46.5 Å². The molecule has 0 fully saturated rings. The van der Waals surface area contributed by atoms with Crippen LogP contribution >= 0.6 is 34.5 Å². The fourth-order valence-corrected chi connectivity index (χ4v) is 6.67. The number of hydrogen-bond donors (Lipinski definition) is 0. The molecule has 0 aliphatic carbocycles. The van der Waals surface area contributed by atoms with Gasteiger partial charge in [-0.25, -0.2) is 9.38 Å². The molecule has 41 heavy (non-hydrogen) atoms. The number of carbonyl (C=O) groups excluding carboxylic acids is 1. The topological polar surface area (TPSA) is 59.6 Å². The summed E-state index contributed by atoms with van der Waals surface area (Å²) in [5.74, 6) is -0.629. The van der Waals surface area contributed by atoms with Gasteiger partial charge in [0.25, 0.3) is 11.5 Å². The maximum absolute atomic E-state index is 14.1. The van der Waals surface area contributed by atoms with E-state index >= 15 is 0 Å². The summed E-state index contributed by atoms with van der Waals surface area (Å²) >= 11 is 13.5. The van der Waals surface area contributed by atoms with Crippen molar-refractivity contribution in [1.82, 2.24) is 14.0 Å². The van der Waals surface area contributed by atoms with Crippen LogP contribution in [0.1, 0.15) is 49.3 Å². The molecule has 0 radical (unpaired) electrons. The second-order valence-corrected chi connectivity index (χ2v) is 11.7. The number of benzene rings is 2. The highest BCUT2D eigenvalue weighted by Crippen LogP contribution is 2.32. The lowest BCUT2D eigenvalue weighted by Gasteiger charge is -2.29. The first-order valence-electron chi connectivity index (χ1n) is 13.3. The Balaban J connectivity index is 1.69. The average Bonchev–Trinajstić information content (AvgIpc) is 3.39. The Morgan fingerprint density at radius 2 is 1.76 bits per heavy atom. The summed E-state index contributed by atoms with van der Waals surface area (Å²) in [5.41, 5.74) is 4.95. The summed E-state index contributed by atoms with van der Waals surface area (Å²) in [6, 6.07) is 13.1. The largest absolute Gasteiger partial charge is 0.339 e. The Kier molecular flexibility index (Phi) is 8.10. The van der Waals surface area contributed by atoms with Gasteiger partial charge in [-0.2, -0.15) is 0 Å². The zero-order valence-corrected chi connectivity index (χ0v) is 25.7. The third-order valence-corrected chi connectivity index (χ3v) is 8.93. The molecule has 0 N–H and O–H groups in total. The van der Waals surface area contributed by atoms with Crippen molar-refractivity contribution in [2.45, 2.75) is 40.7 Å². The van der Waals surface area contributed by atoms with Crippen molar-refractivity contribution in [2.75, 3.05) is 13.1 Å². The summed E-state index contributed by atoms with van der Waals surface area (Å²) in [6.45, 7) is 10.6. The highest BCUT2D eigenvalue weighted by atomic mass is 35.5. The zero-order chi connectivity index (χ0) is 29.6. The lowest BCUT2D eigenvalue weighted by atomic mass is 9.94. The van der Waals surface area contributed by atoms with Gasteiger partial charge in [-0.15, -0.1) is 0 Å². The molecule has 6 nitrogen and oxygen atoms in total. The first-order chi connectivity index (χ1) is 19.5. The Morgan fingerprint density at radius 3 is 2.39 bits per heavy atom. The lowest BCUT2D eigenvalue weighted by molar-refractivity contribution is -0.127.